The first-order valence-corrected chi connectivity index (χ1v) is 7.96. The van der Waals surface area contributed by atoms with E-state index in [1.807, 2.05) is 20.8 Å². The van der Waals surface area contributed by atoms with Gasteiger partial charge in [0.25, 0.3) is 0 Å². The Morgan fingerprint density at radius 2 is 1.60 bits per heavy atom. The zero-order chi connectivity index (χ0) is 13.5. The SMILES string of the molecule is CC(C)(C)OC(=O)NC12C3C4C1C1C2C3C41S(=O)[O-].[Na+]. The standard InChI is InChI=1S/C13H17NO4S.Na/c1-11(2,3)18-10(15)14-12-4-7-5(12)9-6(12)8(4)13(7,9)19(16)17;/h4-9H,1-3H3,(H,14,15)(H,16,17);/q;+1/p-1. The molecule has 20 heavy (non-hydrogen) atoms. The van der Waals surface area contributed by atoms with E-state index >= 15 is 0 Å². The Bertz CT molecular complexity index is 518. The van der Waals surface area contributed by atoms with Gasteiger partial charge in [0.2, 0.25) is 0 Å². The number of carbonyl (C=O) groups excluding carboxylic acids is 1. The Labute approximate surface area is 142 Å². The molecule has 0 aliphatic heterocycles. The van der Waals surface area contributed by atoms with Crippen molar-refractivity contribution in [3.05, 3.63) is 0 Å². The second-order valence-corrected chi connectivity index (χ2v) is 8.98. The smallest absolute Gasteiger partial charge is 0.772 e. The molecule has 0 heterocycles. The fourth-order valence-electron chi connectivity index (χ4n) is 6.49. The number of nitrogens with one attached hydrogen (secondary N) is 1. The second-order valence-electron chi connectivity index (χ2n) is 7.80. The fourth-order valence-corrected chi connectivity index (χ4v) is 8.04. The summed E-state index contributed by atoms with van der Waals surface area (Å²) >= 11 is -1.93. The number of alkyl carbamates (subject to hydrolysis) is 1. The fraction of sp³-hybridized carbons (Fsp3) is 0.923. The molecule has 1 atom stereocenters. The van der Waals surface area contributed by atoms with Crippen LogP contribution in [0.5, 0.6) is 0 Å². The van der Waals surface area contributed by atoms with Crippen LogP contribution in [0.15, 0.2) is 0 Å². The summed E-state index contributed by atoms with van der Waals surface area (Å²) in [5, 5.41) is 3.06. The number of rotatable bonds is 2. The Balaban J connectivity index is 0.00000106. The molecule has 1 unspecified atom stereocenters. The van der Waals surface area contributed by atoms with Gasteiger partial charge >= 0.3 is 35.7 Å². The summed E-state index contributed by atoms with van der Waals surface area (Å²) in [7, 11) is 0. The minimum atomic E-state index is -1.93. The monoisotopic (exact) mass is 305 g/mol. The van der Waals surface area contributed by atoms with E-state index in [0.29, 0.717) is 35.5 Å². The molecule has 6 saturated carbocycles. The predicted octanol–water partition coefficient (Wildman–Crippen LogP) is -2.36. The van der Waals surface area contributed by atoms with Crippen LogP contribution in [0.1, 0.15) is 20.8 Å². The zero-order valence-electron chi connectivity index (χ0n) is 12.0. The molecule has 0 aromatic rings. The van der Waals surface area contributed by atoms with E-state index in [2.05, 4.69) is 5.32 Å². The normalized spacial score (nSPS) is 59.2. The third-order valence-corrected chi connectivity index (χ3v) is 7.94. The number of amides is 1. The summed E-state index contributed by atoms with van der Waals surface area (Å²) in [4.78, 5) is 11.9. The Kier molecular flexibility index (Phi) is 2.33. The molecule has 6 aliphatic carbocycles. The van der Waals surface area contributed by atoms with Crippen molar-refractivity contribution in [1.82, 2.24) is 5.32 Å². The Morgan fingerprint density at radius 3 is 1.95 bits per heavy atom. The van der Waals surface area contributed by atoms with E-state index in [-0.39, 0.29) is 45.9 Å². The van der Waals surface area contributed by atoms with Gasteiger partial charge in [-0.1, -0.05) is 0 Å². The summed E-state index contributed by atoms with van der Waals surface area (Å²) in [6.07, 6.45) is -0.347. The molecule has 5 nitrogen and oxygen atoms in total. The largest absolute Gasteiger partial charge is 1.00 e. The van der Waals surface area contributed by atoms with Gasteiger partial charge in [0.1, 0.15) is 5.60 Å². The zero-order valence-corrected chi connectivity index (χ0v) is 14.8. The molecular formula is C13H16NNaO4S. The van der Waals surface area contributed by atoms with Gasteiger partial charge in [-0.2, -0.15) is 0 Å². The molecule has 0 radical (unpaired) electrons. The van der Waals surface area contributed by atoms with Gasteiger partial charge in [0, 0.05) is 4.75 Å². The van der Waals surface area contributed by atoms with E-state index in [1.165, 1.54) is 0 Å². The van der Waals surface area contributed by atoms with E-state index in [1.54, 1.807) is 0 Å². The molecule has 6 aliphatic rings. The Hall–Kier alpha value is 0.380. The van der Waals surface area contributed by atoms with Gasteiger partial charge in [-0.25, -0.2) is 4.79 Å². The van der Waals surface area contributed by atoms with E-state index in [4.69, 9.17) is 4.74 Å². The van der Waals surface area contributed by atoms with E-state index < -0.39 is 16.7 Å². The minimum absolute atomic E-state index is 0. The van der Waals surface area contributed by atoms with E-state index in [9.17, 15) is 13.6 Å². The van der Waals surface area contributed by atoms with Crippen molar-refractivity contribution in [2.75, 3.05) is 0 Å². The van der Waals surface area contributed by atoms with Crippen LogP contribution in [0, 0.1) is 35.5 Å². The topological polar surface area (TPSA) is 78.5 Å². The molecule has 6 fully saturated rings. The van der Waals surface area contributed by atoms with Gasteiger partial charge in [-0.15, -0.1) is 0 Å². The van der Waals surface area contributed by atoms with Gasteiger partial charge in [0.05, 0.1) is 5.54 Å². The second kappa shape index (κ2) is 3.32. The van der Waals surface area contributed by atoms with Crippen LogP contribution in [0.25, 0.3) is 0 Å². The number of ether oxygens (including phenoxy) is 1. The van der Waals surface area contributed by atoms with Crippen molar-refractivity contribution in [3.8, 4) is 0 Å². The maximum absolute atomic E-state index is 11.9. The molecule has 0 aromatic heterocycles. The quantitative estimate of drug-likeness (QED) is 0.457. The third-order valence-electron chi connectivity index (χ3n) is 6.55. The third kappa shape index (κ3) is 0.952. The molecule has 0 bridgehead atoms. The van der Waals surface area contributed by atoms with Crippen LogP contribution in [0.4, 0.5) is 4.79 Å². The van der Waals surface area contributed by atoms with Crippen LogP contribution in [-0.4, -0.2) is 30.7 Å². The van der Waals surface area contributed by atoms with Crippen molar-refractivity contribution in [1.29, 1.82) is 0 Å². The molecule has 1 amide bonds. The van der Waals surface area contributed by atoms with E-state index in [0.717, 1.165) is 0 Å². The summed E-state index contributed by atoms with van der Waals surface area (Å²) in [6, 6.07) is 0. The summed E-state index contributed by atoms with van der Waals surface area (Å²) in [5.74, 6) is 2.25. The van der Waals surface area contributed by atoms with Gasteiger partial charge in [-0.05, 0) is 67.4 Å². The number of hydrogen-bond donors (Lipinski definition) is 1. The van der Waals surface area contributed by atoms with Gasteiger partial charge in [-0.3, -0.25) is 4.21 Å². The summed E-state index contributed by atoms with van der Waals surface area (Å²) in [6.45, 7) is 5.55. The minimum Gasteiger partial charge on any atom is -0.772 e. The van der Waals surface area contributed by atoms with Crippen molar-refractivity contribution >= 4 is 17.2 Å². The van der Waals surface area contributed by atoms with Crippen LogP contribution >= 0.6 is 0 Å². The maximum Gasteiger partial charge on any atom is 1.00 e. The van der Waals surface area contributed by atoms with Gasteiger partial charge < -0.3 is 14.6 Å². The average Bonchev–Trinajstić information content (AvgIpc) is 2.26. The van der Waals surface area contributed by atoms with Crippen molar-refractivity contribution in [2.45, 2.75) is 36.7 Å². The number of carbonyl (C=O) groups is 1. The predicted molar refractivity (Wildman–Crippen MR) is 64.7 cm³/mol. The molecular weight excluding hydrogens is 289 g/mol. The van der Waals surface area contributed by atoms with Gasteiger partial charge in [0.15, 0.2) is 0 Å². The van der Waals surface area contributed by atoms with Crippen LogP contribution in [0.2, 0.25) is 0 Å². The molecule has 0 saturated heterocycles. The van der Waals surface area contributed by atoms with Crippen LogP contribution < -0.4 is 34.9 Å². The molecule has 0 aromatic carbocycles. The maximum atomic E-state index is 11.9. The van der Waals surface area contributed by atoms with Crippen LogP contribution in [0.3, 0.4) is 0 Å². The van der Waals surface area contributed by atoms with Crippen molar-refractivity contribution in [2.24, 2.45) is 35.5 Å². The first-order valence-electron chi connectivity index (χ1n) is 6.88. The van der Waals surface area contributed by atoms with Crippen molar-refractivity contribution in [3.63, 3.8) is 0 Å². The van der Waals surface area contributed by atoms with Crippen LogP contribution in [-0.2, 0) is 15.8 Å². The summed E-state index contributed by atoms with van der Waals surface area (Å²) < 4.78 is 27.7. The Morgan fingerprint density at radius 1 is 1.15 bits per heavy atom. The molecule has 7 heteroatoms. The molecule has 6 rings (SSSR count). The molecule has 104 valence electrons. The first kappa shape index (κ1) is 14.0. The molecule has 1 N–H and O–H groups in total. The number of hydrogen-bond acceptors (Lipinski definition) is 4. The first-order chi connectivity index (χ1) is 8.78. The summed E-state index contributed by atoms with van der Waals surface area (Å²) in [5.41, 5.74) is -0.565. The molecule has 0 spiro atoms. The average molecular weight is 305 g/mol. The van der Waals surface area contributed by atoms with Crippen molar-refractivity contribution < 1.29 is 47.9 Å².